The van der Waals surface area contributed by atoms with Crippen molar-refractivity contribution in [1.82, 2.24) is 0 Å². The highest BCUT2D eigenvalue weighted by molar-refractivity contribution is 5.87. The topological polar surface area (TPSA) is 26.3 Å². The van der Waals surface area contributed by atoms with E-state index in [-0.39, 0.29) is 5.78 Å². The Kier molecular flexibility index (Phi) is 6.81. The van der Waals surface area contributed by atoms with E-state index in [0.29, 0.717) is 13.0 Å². The van der Waals surface area contributed by atoms with Crippen LogP contribution >= 0.6 is 0 Å². The van der Waals surface area contributed by atoms with Crippen LogP contribution in [-0.2, 0) is 9.53 Å². The molecule has 0 aliphatic rings. The molecule has 0 spiro atoms. The minimum Gasteiger partial charge on any atom is -0.367 e. The zero-order chi connectivity index (χ0) is 11.0. The predicted molar refractivity (Wildman–Crippen MR) is 59.5 cm³/mol. The molecule has 0 aliphatic carbocycles. The summed E-state index contributed by atoms with van der Waals surface area (Å²) in [6, 6.07) is 0. The van der Waals surface area contributed by atoms with Gasteiger partial charge >= 0.3 is 0 Å². The van der Waals surface area contributed by atoms with Crippen molar-refractivity contribution in [3.63, 3.8) is 0 Å². The second-order valence-electron chi connectivity index (χ2n) is 3.72. The fourth-order valence-corrected chi connectivity index (χ4v) is 1.68. The molecule has 0 rings (SSSR count). The molecule has 0 radical (unpaired) electrons. The number of hydrogen-bond acceptors (Lipinski definition) is 2. The second-order valence-corrected chi connectivity index (χ2v) is 3.72. The number of ether oxygens (including phenoxy) is 1. The molecule has 2 nitrogen and oxygen atoms in total. The van der Waals surface area contributed by atoms with Crippen LogP contribution in [0.15, 0.2) is 0 Å². The second kappa shape index (κ2) is 6.99. The van der Waals surface area contributed by atoms with E-state index in [1.807, 2.05) is 20.8 Å². The van der Waals surface area contributed by atoms with Crippen molar-refractivity contribution in [1.29, 1.82) is 0 Å². The van der Waals surface area contributed by atoms with E-state index in [0.717, 1.165) is 25.7 Å². The summed E-state index contributed by atoms with van der Waals surface area (Å²) in [5.74, 6) is 0.276. The van der Waals surface area contributed by atoms with Crippen LogP contribution in [0.25, 0.3) is 0 Å². The van der Waals surface area contributed by atoms with E-state index >= 15 is 0 Å². The van der Waals surface area contributed by atoms with E-state index in [1.165, 1.54) is 0 Å². The molecule has 0 fully saturated rings. The van der Waals surface area contributed by atoms with Crippen molar-refractivity contribution in [2.24, 2.45) is 0 Å². The van der Waals surface area contributed by atoms with Gasteiger partial charge in [0.05, 0.1) is 0 Å². The summed E-state index contributed by atoms with van der Waals surface area (Å²) < 4.78 is 5.74. The fourth-order valence-electron chi connectivity index (χ4n) is 1.68. The van der Waals surface area contributed by atoms with Crippen LogP contribution in [0.5, 0.6) is 0 Å². The molecule has 0 atom stereocenters. The quantitative estimate of drug-likeness (QED) is 0.600. The Morgan fingerprint density at radius 3 is 2.00 bits per heavy atom. The van der Waals surface area contributed by atoms with Crippen LogP contribution in [0.3, 0.4) is 0 Å². The lowest BCUT2D eigenvalue weighted by Gasteiger charge is -2.30. The summed E-state index contributed by atoms with van der Waals surface area (Å²) in [7, 11) is 0. The third-order valence-corrected chi connectivity index (χ3v) is 2.71. The molecular formula is C12H24O2. The van der Waals surface area contributed by atoms with Gasteiger partial charge < -0.3 is 4.74 Å². The van der Waals surface area contributed by atoms with Crippen LogP contribution in [0, 0.1) is 0 Å². The van der Waals surface area contributed by atoms with Crippen molar-refractivity contribution < 1.29 is 9.53 Å². The maximum atomic E-state index is 11.9. The van der Waals surface area contributed by atoms with Gasteiger partial charge in [-0.1, -0.05) is 27.7 Å². The van der Waals surface area contributed by atoms with E-state index in [4.69, 9.17) is 4.74 Å². The monoisotopic (exact) mass is 200 g/mol. The summed E-state index contributed by atoms with van der Waals surface area (Å²) in [4.78, 5) is 11.9. The Labute approximate surface area is 88.0 Å². The molecule has 0 aromatic rings. The van der Waals surface area contributed by atoms with Crippen LogP contribution in [0.1, 0.15) is 59.8 Å². The summed E-state index contributed by atoms with van der Waals surface area (Å²) in [5, 5.41) is 0. The Balaban J connectivity index is 4.42. The molecule has 0 aliphatic heterocycles. The SMILES string of the molecule is CCCOC(CC)(CC)C(=O)CCC. The lowest BCUT2D eigenvalue weighted by atomic mass is 9.89. The molecule has 0 bridgehead atoms. The summed E-state index contributed by atoms with van der Waals surface area (Å²) in [6.07, 6.45) is 4.12. The average Bonchev–Trinajstić information content (AvgIpc) is 2.21. The Morgan fingerprint density at radius 1 is 1.07 bits per heavy atom. The highest BCUT2D eigenvalue weighted by Gasteiger charge is 2.34. The maximum Gasteiger partial charge on any atom is 0.164 e. The van der Waals surface area contributed by atoms with Gasteiger partial charge in [-0.05, 0) is 25.7 Å². The lowest BCUT2D eigenvalue weighted by Crippen LogP contribution is -2.40. The zero-order valence-electron chi connectivity index (χ0n) is 10.1. The number of rotatable bonds is 8. The standard InChI is InChI=1S/C12H24O2/c1-5-9-11(13)12(7-3,8-4)14-10-6-2/h5-10H2,1-4H3. The van der Waals surface area contributed by atoms with Gasteiger partial charge in [-0.15, -0.1) is 0 Å². The molecule has 0 saturated carbocycles. The first-order valence-electron chi connectivity index (χ1n) is 5.84. The van der Waals surface area contributed by atoms with Gasteiger partial charge in [-0.2, -0.15) is 0 Å². The van der Waals surface area contributed by atoms with E-state index in [9.17, 15) is 4.79 Å². The third-order valence-electron chi connectivity index (χ3n) is 2.71. The molecule has 0 amide bonds. The molecular weight excluding hydrogens is 176 g/mol. The average molecular weight is 200 g/mol. The molecule has 0 unspecified atom stereocenters. The molecule has 0 aromatic heterocycles. The molecule has 14 heavy (non-hydrogen) atoms. The third kappa shape index (κ3) is 3.41. The molecule has 2 heteroatoms. The van der Waals surface area contributed by atoms with Crippen molar-refractivity contribution in [2.45, 2.75) is 65.4 Å². The van der Waals surface area contributed by atoms with Gasteiger partial charge in [-0.25, -0.2) is 0 Å². The fraction of sp³-hybridized carbons (Fsp3) is 0.917. The number of carbonyl (C=O) groups is 1. The maximum absolute atomic E-state index is 11.9. The Bertz CT molecular complexity index is 160. The van der Waals surface area contributed by atoms with E-state index in [2.05, 4.69) is 6.92 Å². The van der Waals surface area contributed by atoms with Crippen molar-refractivity contribution >= 4 is 5.78 Å². The minimum atomic E-state index is -0.494. The molecule has 84 valence electrons. The van der Waals surface area contributed by atoms with Crippen LogP contribution in [-0.4, -0.2) is 18.0 Å². The number of ketones is 1. The van der Waals surface area contributed by atoms with Crippen molar-refractivity contribution in [3.8, 4) is 0 Å². The van der Waals surface area contributed by atoms with E-state index in [1.54, 1.807) is 0 Å². The molecule has 0 N–H and O–H groups in total. The molecule has 0 saturated heterocycles. The summed E-state index contributed by atoms with van der Waals surface area (Å²) >= 11 is 0. The highest BCUT2D eigenvalue weighted by atomic mass is 16.5. The van der Waals surface area contributed by atoms with Gasteiger partial charge in [-0.3, -0.25) is 4.79 Å². The van der Waals surface area contributed by atoms with Gasteiger partial charge in [0, 0.05) is 13.0 Å². The van der Waals surface area contributed by atoms with Gasteiger partial charge in [0.25, 0.3) is 0 Å². The van der Waals surface area contributed by atoms with Crippen molar-refractivity contribution in [3.05, 3.63) is 0 Å². The molecule has 0 aromatic carbocycles. The Hall–Kier alpha value is -0.370. The predicted octanol–water partition coefficient (Wildman–Crippen LogP) is 3.34. The Morgan fingerprint density at radius 2 is 1.64 bits per heavy atom. The largest absolute Gasteiger partial charge is 0.367 e. The smallest absolute Gasteiger partial charge is 0.164 e. The highest BCUT2D eigenvalue weighted by Crippen LogP contribution is 2.24. The number of Topliss-reactive ketones (excluding diaryl/α,β-unsaturated/α-hetero) is 1. The minimum absolute atomic E-state index is 0.276. The van der Waals surface area contributed by atoms with Crippen LogP contribution in [0.2, 0.25) is 0 Å². The van der Waals surface area contributed by atoms with Crippen LogP contribution < -0.4 is 0 Å². The van der Waals surface area contributed by atoms with Crippen molar-refractivity contribution in [2.75, 3.05) is 6.61 Å². The van der Waals surface area contributed by atoms with Gasteiger partial charge in [0.1, 0.15) is 5.60 Å². The zero-order valence-corrected chi connectivity index (χ0v) is 10.1. The van der Waals surface area contributed by atoms with Gasteiger partial charge in [0.2, 0.25) is 0 Å². The first-order chi connectivity index (χ1) is 6.66. The lowest BCUT2D eigenvalue weighted by molar-refractivity contribution is -0.146. The van der Waals surface area contributed by atoms with Gasteiger partial charge in [0.15, 0.2) is 5.78 Å². The normalized spacial score (nSPS) is 11.7. The summed E-state index contributed by atoms with van der Waals surface area (Å²) in [6.45, 7) is 8.87. The van der Waals surface area contributed by atoms with E-state index < -0.39 is 5.60 Å². The number of hydrogen-bond donors (Lipinski definition) is 0. The first-order valence-corrected chi connectivity index (χ1v) is 5.84. The summed E-state index contributed by atoms with van der Waals surface area (Å²) in [5.41, 5.74) is -0.494. The molecule has 0 heterocycles. The number of carbonyl (C=O) groups excluding carboxylic acids is 1. The van der Waals surface area contributed by atoms with Crippen LogP contribution in [0.4, 0.5) is 0 Å². The first kappa shape index (κ1) is 13.6.